The van der Waals surface area contributed by atoms with Gasteiger partial charge in [0.05, 0.1) is 25.3 Å². The van der Waals surface area contributed by atoms with Crippen molar-refractivity contribution >= 4 is 23.2 Å². The summed E-state index contributed by atoms with van der Waals surface area (Å²) in [5, 5.41) is 7.64. The number of ether oxygens (including phenoxy) is 1. The maximum absolute atomic E-state index is 12.3. The summed E-state index contributed by atoms with van der Waals surface area (Å²) in [6.45, 7) is 5.99. The molecular weight excluding hydrogens is 304 g/mol. The van der Waals surface area contributed by atoms with Gasteiger partial charge in [-0.15, -0.1) is 0 Å². The third kappa shape index (κ3) is 3.76. The van der Waals surface area contributed by atoms with Gasteiger partial charge in [-0.05, 0) is 32.0 Å². The predicted molar refractivity (Wildman–Crippen MR) is 85.3 cm³/mol. The summed E-state index contributed by atoms with van der Waals surface area (Å²) in [7, 11) is 1.55. The molecule has 0 aliphatic rings. The number of aromatic nitrogens is 3. The van der Waals surface area contributed by atoms with Gasteiger partial charge in [0.1, 0.15) is 17.4 Å². The molecule has 118 valence electrons. The molecule has 0 saturated heterocycles. The third-order valence-electron chi connectivity index (χ3n) is 3.28. The van der Waals surface area contributed by atoms with Crippen molar-refractivity contribution in [2.75, 3.05) is 12.4 Å². The predicted octanol–water partition coefficient (Wildman–Crippen LogP) is 2.83. The lowest BCUT2D eigenvalue weighted by Crippen LogP contribution is -2.25. The molecule has 22 heavy (non-hydrogen) atoms. The smallest absolute Gasteiger partial charge is 0.229 e. The van der Waals surface area contributed by atoms with Gasteiger partial charge in [-0.3, -0.25) is 4.79 Å². The number of rotatable bonds is 5. The molecule has 2 aromatic rings. The summed E-state index contributed by atoms with van der Waals surface area (Å²) in [6.07, 6.45) is 0. The molecule has 7 heteroatoms. The van der Waals surface area contributed by atoms with Gasteiger partial charge in [0.25, 0.3) is 0 Å². The first-order valence-corrected chi connectivity index (χ1v) is 7.31. The quantitative estimate of drug-likeness (QED) is 0.919. The van der Waals surface area contributed by atoms with Gasteiger partial charge >= 0.3 is 0 Å². The molecule has 0 radical (unpaired) electrons. The minimum Gasteiger partial charge on any atom is -0.495 e. The van der Waals surface area contributed by atoms with Gasteiger partial charge < -0.3 is 10.1 Å². The van der Waals surface area contributed by atoms with Crippen LogP contribution in [-0.2, 0) is 11.3 Å². The molecule has 1 amide bonds. The van der Waals surface area contributed by atoms with E-state index in [0.717, 1.165) is 5.82 Å². The van der Waals surface area contributed by atoms with Gasteiger partial charge in [0, 0.05) is 5.02 Å². The molecule has 1 aromatic carbocycles. The van der Waals surface area contributed by atoms with Crippen LogP contribution in [0.2, 0.25) is 5.02 Å². The summed E-state index contributed by atoms with van der Waals surface area (Å²) in [5.74, 6) is 1.65. The third-order valence-corrected chi connectivity index (χ3v) is 3.51. The van der Waals surface area contributed by atoms with Gasteiger partial charge in [-0.1, -0.05) is 18.5 Å². The molecule has 1 atom stereocenters. The minimum atomic E-state index is -0.275. The van der Waals surface area contributed by atoms with Crippen LogP contribution >= 0.6 is 11.6 Å². The van der Waals surface area contributed by atoms with E-state index < -0.39 is 0 Å². The SMILES string of the molecule is COc1ccc(Cl)cc1NC(=O)C(C)Cn1nc(C)nc1C. The largest absolute Gasteiger partial charge is 0.495 e. The fourth-order valence-corrected chi connectivity index (χ4v) is 2.28. The van der Waals surface area contributed by atoms with Crippen molar-refractivity contribution in [1.29, 1.82) is 0 Å². The van der Waals surface area contributed by atoms with Crippen LogP contribution in [0.4, 0.5) is 5.69 Å². The van der Waals surface area contributed by atoms with Crippen LogP contribution in [0.1, 0.15) is 18.6 Å². The van der Waals surface area contributed by atoms with Crippen molar-refractivity contribution in [2.24, 2.45) is 5.92 Å². The molecule has 1 heterocycles. The number of aryl methyl sites for hydroxylation is 2. The molecule has 0 spiro atoms. The van der Waals surface area contributed by atoms with E-state index in [1.165, 1.54) is 0 Å². The fourth-order valence-electron chi connectivity index (χ4n) is 2.11. The van der Waals surface area contributed by atoms with Crippen LogP contribution in [-0.4, -0.2) is 27.8 Å². The number of benzene rings is 1. The number of methoxy groups -OCH3 is 1. The highest BCUT2D eigenvalue weighted by Gasteiger charge is 2.17. The number of anilines is 1. The maximum atomic E-state index is 12.3. The number of nitrogens with zero attached hydrogens (tertiary/aromatic N) is 3. The van der Waals surface area contributed by atoms with Gasteiger partial charge in [-0.25, -0.2) is 9.67 Å². The average Bonchev–Trinajstić information content (AvgIpc) is 2.77. The van der Waals surface area contributed by atoms with Crippen molar-refractivity contribution < 1.29 is 9.53 Å². The van der Waals surface area contributed by atoms with Crippen LogP contribution in [0.25, 0.3) is 0 Å². The van der Waals surface area contributed by atoms with Crippen molar-refractivity contribution in [3.8, 4) is 5.75 Å². The van der Waals surface area contributed by atoms with Gasteiger partial charge in [-0.2, -0.15) is 5.10 Å². The Balaban J connectivity index is 2.08. The Kier molecular flexibility index (Phi) is 5.03. The Morgan fingerprint density at radius 3 is 2.77 bits per heavy atom. The summed E-state index contributed by atoms with van der Waals surface area (Å²) < 4.78 is 6.95. The molecular formula is C15H19ClN4O2. The zero-order chi connectivity index (χ0) is 16.3. The number of nitrogens with one attached hydrogen (secondary N) is 1. The van der Waals surface area contributed by atoms with Crippen LogP contribution in [0.5, 0.6) is 5.75 Å². The molecule has 0 saturated carbocycles. The van der Waals surface area contributed by atoms with Gasteiger partial charge in [0.2, 0.25) is 5.91 Å². The van der Waals surface area contributed by atoms with Crippen LogP contribution in [0.15, 0.2) is 18.2 Å². The van der Waals surface area contributed by atoms with Crippen molar-refractivity contribution in [1.82, 2.24) is 14.8 Å². The second-order valence-electron chi connectivity index (χ2n) is 5.12. The first-order chi connectivity index (χ1) is 10.4. The van der Waals surface area contributed by atoms with Crippen molar-refractivity contribution in [2.45, 2.75) is 27.3 Å². The number of carbonyl (C=O) groups is 1. The number of hydrogen-bond acceptors (Lipinski definition) is 4. The van der Waals surface area contributed by atoms with Crippen LogP contribution in [0, 0.1) is 19.8 Å². The fraction of sp³-hybridized carbons (Fsp3) is 0.400. The van der Waals surface area contributed by atoms with E-state index in [0.29, 0.717) is 28.8 Å². The second kappa shape index (κ2) is 6.79. The zero-order valence-corrected chi connectivity index (χ0v) is 13.8. The average molecular weight is 323 g/mol. The molecule has 2 rings (SSSR count). The highest BCUT2D eigenvalue weighted by molar-refractivity contribution is 6.31. The van der Waals surface area contributed by atoms with E-state index in [4.69, 9.17) is 16.3 Å². The molecule has 0 bridgehead atoms. The van der Waals surface area contributed by atoms with Crippen LogP contribution < -0.4 is 10.1 Å². The number of carbonyl (C=O) groups excluding carboxylic acids is 1. The summed E-state index contributed by atoms with van der Waals surface area (Å²) in [5.41, 5.74) is 0.554. The topological polar surface area (TPSA) is 69.0 Å². The Morgan fingerprint density at radius 1 is 1.45 bits per heavy atom. The molecule has 1 aromatic heterocycles. The maximum Gasteiger partial charge on any atom is 0.229 e. The first-order valence-electron chi connectivity index (χ1n) is 6.93. The Morgan fingerprint density at radius 2 is 2.18 bits per heavy atom. The number of hydrogen-bond donors (Lipinski definition) is 1. The molecule has 0 aliphatic heterocycles. The lowest BCUT2D eigenvalue weighted by atomic mass is 10.1. The number of halogens is 1. The van der Waals surface area contributed by atoms with E-state index in [1.54, 1.807) is 30.0 Å². The lowest BCUT2D eigenvalue weighted by molar-refractivity contribution is -0.119. The number of amides is 1. The standard InChI is InChI=1S/C15H19ClN4O2/c1-9(8-20-11(3)17-10(2)19-20)15(21)18-13-7-12(16)5-6-14(13)22-4/h5-7,9H,8H2,1-4H3,(H,18,21). The second-order valence-corrected chi connectivity index (χ2v) is 5.56. The summed E-state index contributed by atoms with van der Waals surface area (Å²) in [4.78, 5) is 16.6. The molecule has 1 N–H and O–H groups in total. The Hall–Kier alpha value is -2.08. The molecule has 6 nitrogen and oxygen atoms in total. The highest BCUT2D eigenvalue weighted by Crippen LogP contribution is 2.28. The van der Waals surface area contributed by atoms with Gasteiger partial charge in [0.15, 0.2) is 0 Å². The molecule has 0 aliphatic carbocycles. The minimum absolute atomic E-state index is 0.131. The van der Waals surface area contributed by atoms with E-state index in [2.05, 4.69) is 15.4 Å². The lowest BCUT2D eigenvalue weighted by Gasteiger charge is -2.15. The first kappa shape index (κ1) is 16.3. The van der Waals surface area contributed by atoms with Crippen LogP contribution in [0.3, 0.4) is 0 Å². The van der Waals surface area contributed by atoms with Crippen molar-refractivity contribution in [3.63, 3.8) is 0 Å². The zero-order valence-electron chi connectivity index (χ0n) is 13.1. The summed E-state index contributed by atoms with van der Waals surface area (Å²) >= 11 is 5.96. The monoisotopic (exact) mass is 322 g/mol. The Labute approximate surface area is 134 Å². The molecule has 1 unspecified atom stereocenters. The molecule has 0 fully saturated rings. The van der Waals surface area contributed by atoms with E-state index in [1.807, 2.05) is 20.8 Å². The van der Waals surface area contributed by atoms with E-state index >= 15 is 0 Å². The van der Waals surface area contributed by atoms with E-state index in [-0.39, 0.29) is 11.8 Å². The highest BCUT2D eigenvalue weighted by atomic mass is 35.5. The normalized spacial score (nSPS) is 12.0. The van der Waals surface area contributed by atoms with E-state index in [9.17, 15) is 4.79 Å². The van der Waals surface area contributed by atoms with Crippen molar-refractivity contribution in [3.05, 3.63) is 34.9 Å². The summed E-state index contributed by atoms with van der Waals surface area (Å²) in [6, 6.07) is 5.09. The Bertz CT molecular complexity index is 684.